The second-order valence-electron chi connectivity index (χ2n) is 4.25. The summed E-state index contributed by atoms with van der Waals surface area (Å²) in [6, 6.07) is 5.96. The average Bonchev–Trinajstić information content (AvgIpc) is 2.77. The molecule has 90 valence electrons. The van der Waals surface area contributed by atoms with Crippen LogP contribution >= 0.6 is 22.9 Å². The minimum Gasteiger partial charge on any atom is -0.349 e. The first-order valence-corrected chi connectivity index (χ1v) is 6.84. The maximum absolute atomic E-state index is 11.9. The van der Waals surface area contributed by atoms with Gasteiger partial charge in [0.2, 0.25) is 0 Å². The summed E-state index contributed by atoms with van der Waals surface area (Å²) in [6.07, 6.45) is 3.55. The van der Waals surface area contributed by atoms with Crippen molar-refractivity contribution in [3.8, 4) is 6.07 Å². The van der Waals surface area contributed by atoms with Crippen LogP contribution in [-0.4, -0.2) is 11.9 Å². The highest BCUT2D eigenvalue weighted by Crippen LogP contribution is 2.25. The fourth-order valence-corrected chi connectivity index (χ4v) is 3.01. The van der Waals surface area contributed by atoms with Crippen LogP contribution in [0.3, 0.4) is 0 Å². The van der Waals surface area contributed by atoms with Gasteiger partial charge in [-0.25, -0.2) is 0 Å². The number of hydrogen-bond donors (Lipinski definition) is 1. The fourth-order valence-electron chi connectivity index (χ4n) is 2.06. The summed E-state index contributed by atoms with van der Waals surface area (Å²) in [6.45, 7) is 0. The van der Waals surface area contributed by atoms with Gasteiger partial charge in [0.25, 0.3) is 5.91 Å². The largest absolute Gasteiger partial charge is 0.349 e. The molecule has 1 amide bonds. The zero-order chi connectivity index (χ0) is 12.3. The Morgan fingerprint density at radius 3 is 2.65 bits per heavy atom. The monoisotopic (exact) mass is 268 g/mol. The lowest BCUT2D eigenvalue weighted by Crippen LogP contribution is -2.37. The Bertz CT molecular complexity index is 444. The Morgan fingerprint density at radius 2 is 2.12 bits per heavy atom. The third-order valence-corrected chi connectivity index (χ3v) is 4.27. The predicted octanol–water partition coefficient (Wildman–Crippen LogP) is 3.21. The van der Waals surface area contributed by atoms with Gasteiger partial charge in [0, 0.05) is 12.0 Å². The third kappa shape index (κ3) is 3.21. The average molecular weight is 269 g/mol. The molecule has 1 aliphatic rings. The van der Waals surface area contributed by atoms with E-state index >= 15 is 0 Å². The number of amides is 1. The lowest BCUT2D eigenvalue weighted by atomic mass is 9.87. The van der Waals surface area contributed by atoms with Crippen LogP contribution in [0.4, 0.5) is 0 Å². The first-order valence-electron chi connectivity index (χ1n) is 5.65. The van der Waals surface area contributed by atoms with Crippen LogP contribution in [0.15, 0.2) is 12.1 Å². The SMILES string of the molecule is N#CC1CCC(NC(=O)c2ccc(Cl)s2)CC1. The molecule has 0 radical (unpaired) electrons. The summed E-state index contributed by atoms with van der Waals surface area (Å²) in [5.41, 5.74) is 0. The van der Waals surface area contributed by atoms with Gasteiger partial charge in [-0.3, -0.25) is 4.79 Å². The number of nitrogens with one attached hydrogen (secondary N) is 1. The first kappa shape index (κ1) is 12.4. The molecule has 2 rings (SSSR count). The third-order valence-electron chi connectivity index (χ3n) is 3.04. The molecule has 0 atom stereocenters. The van der Waals surface area contributed by atoms with Gasteiger partial charge in [0.15, 0.2) is 0 Å². The van der Waals surface area contributed by atoms with Crippen LogP contribution in [0.25, 0.3) is 0 Å². The van der Waals surface area contributed by atoms with E-state index in [-0.39, 0.29) is 17.9 Å². The summed E-state index contributed by atoms with van der Waals surface area (Å²) >= 11 is 7.08. The standard InChI is InChI=1S/C12H13ClN2OS/c13-11-6-5-10(17-11)12(16)15-9-3-1-8(7-14)2-4-9/h5-6,8-9H,1-4H2,(H,15,16). The molecule has 1 saturated carbocycles. The fraction of sp³-hybridized carbons (Fsp3) is 0.500. The number of carbonyl (C=O) groups excluding carboxylic acids is 1. The molecule has 0 aliphatic heterocycles. The smallest absolute Gasteiger partial charge is 0.261 e. The van der Waals surface area contributed by atoms with Gasteiger partial charge in [-0.2, -0.15) is 5.26 Å². The molecule has 17 heavy (non-hydrogen) atoms. The summed E-state index contributed by atoms with van der Waals surface area (Å²) in [5.74, 6) is 0.113. The van der Waals surface area contributed by atoms with E-state index in [1.807, 2.05) is 0 Å². The number of halogens is 1. The number of thiophene rings is 1. The number of nitrogens with zero attached hydrogens (tertiary/aromatic N) is 1. The molecule has 0 bridgehead atoms. The topological polar surface area (TPSA) is 52.9 Å². The van der Waals surface area contributed by atoms with Crippen molar-refractivity contribution in [2.45, 2.75) is 31.7 Å². The summed E-state index contributed by atoms with van der Waals surface area (Å²) in [7, 11) is 0. The molecule has 1 aliphatic carbocycles. The summed E-state index contributed by atoms with van der Waals surface area (Å²) < 4.78 is 0.628. The van der Waals surface area contributed by atoms with E-state index in [2.05, 4.69) is 11.4 Å². The molecular formula is C12H13ClN2OS. The Labute approximate surface area is 109 Å². The van der Waals surface area contributed by atoms with E-state index < -0.39 is 0 Å². The van der Waals surface area contributed by atoms with E-state index in [1.165, 1.54) is 11.3 Å². The molecule has 1 aromatic heterocycles. The van der Waals surface area contributed by atoms with Crippen molar-refractivity contribution in [2.24, 2.45) is 5.92 Å². The van der Waals surface area contributed by atoms with Crippen LogP contribution in [0.2, 0.25) is 4.34 Å². The highest BCUT2D eigenvalue weighted by molar-refractivity contribution is 7.17. The van der Waals surface area contributed by atoms with Gasteiger partial charge < -0.3 is 5.32 Å². The highest BCUT2D eigenvalue weighted by Gasteiger charge is 2.22. The van der Waals surface area contributed by atoms with E-state index in [0.717, 1.165) is 25.7 Å². The van der Waals surface area contributed by atoms with Gasteiger partial charge in [0.1, 0.15) is 0 Å². The van der Waals surface area contributed by atoms with Gasteiger partial charge in [-0.15, -0.1) is 11.3 Å². The maximum Gasteiger partial charge on any atom is 0.261 e. The Balaban J connectivity index is 1.86. The van der Waals surface area contributed by atoms with Gasteiger partial charge in [0.05, 0.1) is 15.3 Å². The van der Waals surface area contributed by atoms with Crippen LogP contribution < -0.4 is 5.32 Å². The Morgan fingerprint density at radius 1 is 1.41 bits per heavy atom. The predicted molar refractivity (Wildman–Crippen MR) is 68.2 cm³/mol. The van der Waals surface area contributed by atoms with Gasteiger partial charge >= 0.3 is 0 Å². The van der Waals surface area contributed by atoms with Crippen molar-refractivity contribution in [1.29, 1.82) is 5.26 Å². The van der Waals surface area contributed by atoms with E-state index in [0.29, 0.717) is 9.21 Å². The summed E-state index contributed by atoms with van der Waals surface area (Å²) in [4.78, 5) is 12.5. The zero-order valence-electron chi connectivity index (χ0n) is 9.28. The van der Waals surface area contributed by atoms with Crippen LogP contribution in [0.5, 0.6) is 0 Å². The van der Waals surface area contributed by atoms with Crippen molar-refractivity contribution in [3.63, 3.8) is 0 Å². The molecule has 5 heteroatoms. The summed E-state index contributed by atoms with van der Waals surface area (Å²) in [5, 5.41) is 11.8. The van der Waals surface area contributed by atoms with E-state index in [4.69, 9.17) is 16.9 Å². The minimum absolute atomic E-state index is 0.0534. The second-order valence-corrected chi connectivity index (χ2v) is 5.97. The molecule has 3 nitrogen and oxygen atoms in total. The zero-order valence-corrected chi connectivity index (χ0v) is 10.9. The second kappa shape index (κ2) is 5.52. The Kier molecular flexibility index (Phi) is 4.03. The number of hydrogen-bond acceptors (Lipinski definition) is 3. The number of rotatable bonds is 2. The van der Waals surface area contributed by atoms with Gasteiger partial charge in [-0.05, 0) is 37.8 Å². The lowest BCUT2D eigenvalue weighted by molar-refractivity contribution is 0.0929. The lowest BCUT2D eigenvalue weighted by Gasteiger charge is -2.25. The van der Waals surface area contributed by atoms with Crippen molar-refractivity contribution in [2.75, 3.05) is 0 Å². The normalized spacial score (nSPS) is 24.0. The molecule has 0 saturated heterocycles. The molecule has 0 unspecified atom stereocenters. The molecule has 1 N–H and O–H groups in total. The minimum atomic E-state index is -0.0534. The van der Waals surface area contributed by atoms with Crippen molar-refractivity contribution >= 4 is 28.8 Å². The molecule has 1 fully saturated rings. The van der Waals surface area contributed by atoms with Crippen molar-refractivity contribution in [3.05, 3.63) is 21.3 Å². The van der Waals surface area contributed by atoms with Gasteiger partial charge in [-0.1, -0.05) is 11.6 Å². The van der Waals surface area contributed by atoms with Crippen molar-refractivity contribution in [1.82, 2.24) is 5.32 Å². The maximum atomic E-state index is 11.9. The first-order chi connectivity index (χ1) is 8.19. The molecule has 0 spiro atoms. The molecule has 0 aromatic carbocycles. The van der Waals surface area contributed by atoms with E-state index in [1.54, 1.807) is 12.1 Å². The number of carbonyl (C=O) groups is 1. The molecular weight excluding hydrogens is 256 g/mol. The quantitative estimate of drug-likeness (QED) is 0.895. The molecule has 1 aromatic rings. The Hall–Kier alpha value is -1.05. The number of nitriles is 1. The van der Waals surface area contributed by atoms with Crippen LogP contribution in [-0.2, 0) is 0 Å². The van der Waals surface area contributed by atoms with Crippen molar-refractivity contribution < 1.29 is 4.79 Å². The van der Waals surface area contributed by atoms with Crippen LogP contribution in [0.1, 0.15) is 35.4 Å². The van der Waals surface area contributed by atoms with Crippen LogP contribution in [0, 0.1) is 17.2 Å². The molecule has 1 heterocycles. The highest BCUT2D eigenvalue weighted by atomic mass is 35.5. The van der Waals surface area contributed by atoms with E-state index in [9.17, 15) is 4.79 Å².